The highest BCUT2D eigenvalue weighted by molar-refractivity contribution is 7.16. The van der Waals surface area contributed by atoms with E-state index in [-0.39, 0.29) is 5.97 Å². The van der Waals surface area contributed by atoms with E-state index in [1.807, 2.05) is 6.07 Å². The van der Waals surface area contributed by atoms with Gasteiger partial charge in [0.05, 0.1) is 12.7 Å². The largest absolute Gasteiger partial charge is 0.465 e. The van der Waals surface area contributed by atoms with Gasteiger partial charge in [-0.2, -0.15) is 0 Å². The average molecular weight is 287 g/mol. The molecule has 104 valence electrons. The zero-order chi connectivity index (χ0) is 14.1. The van der Waals surface area contributed by atoms with Gasteiger partial charge in [-0.25, -0.2) is 4.79 Å². The summed E-state index contributed by atoms with van der Waals surface area (Å²) in [7, 11) is 1.40. The molecule has 20 heavy (non-hydrogen) atoms. The van der Waals surface area contributed by atoms with Crippen LogP contribution in [0.25, 0.3) is 0 Å². The number of hydrogen-bond donors (Lipinski definition) is 1. The van der Waals surface area contributed by atoms with E-state index in [9.17, 15) is 4.79 Å². The fourth-order valence-electron chi connectivity index (χ4n) is 2.94. The Balaban J connectivity index is 1.92. The third kappa shape index (κ3) is 2.20. The van der Waals surface area contributed by atoms with Crippen molar-refractivity contribution in [2.24, 2.45) is 0 Å². The standard InChI is InChI=1S/C16H17NO2S/c1-19-16(18)14-12-8-7-11(9-13(12)20-15(14)17)10-5-3-2-4-6-10/h2-6,11H,7-9,17H2,1H3/t11-/m1/s1. The number of anilines is 1. The summed E-state index contributed by atoms with van der Waals surface area (Å²) in [5, 5.41) is 0.593. The Morgan fingerprint density at radius 2 is 2.10 bits per heavy atom. The fourth-order valence-corrected chi connectivity index (χ4v) is 4.13. The summed E-state index contributed by atoms with van der Waals surface area (Å²) in [6, 6.07) is 10.5. The maximum absolute atomic E-state index is 11.8. The minimum atomic E-state index is -0.307. The van der Waals surface area contributed by atoms with Gasteiger partial charge in [0.1, 0.15) is 5.00 Å². The number of carbonyl (C=O) groups is 1. The molecule has 1 aliphatic rings. The molecule has 2 N–H and O–H groups in total. The van der Waals surface area contributed by atoms with E-state index in [0.29, 0.717) is 16.5 Å². The number of rotatable bonds is 2. The fraction of sp³-hybridized carbons (Fsp3) is 0.312. The molecule has 2 aromatic rings. The molecule has 0 spiro atoms. The van der Waals surface area contributed by atoms with Crippen LogP contribution < -0.4 is 5.73 Å². The monoisotopic (exact) mass is 287 g/mol. The number of ether oxygens (including phenoxy) is 1. The van der Waals surface area contributed by atoms with Crippen LogP contribution >= 0.6 is 11.3 Å². The van der Waals surface area contributed by atoms with Crippen molar-refractivity contribution in [1.29, 1.82) is 0 Å². The van der Waals surface area contributed by atoms with Gasteiger partial charge in [-0.05, 0) is 36.3 Å². The number of nitrogen functional groups attached to an aromatic ring is 1. The normalized spacial score (nSPS) is 17.6. The maximum atomic E-state index is 11.8. The number of hydrogen-bond acceptors (Lipinski definition) is 4. The third-order valence-electron chi connectivity index (χ3n) is 3.95. The summed E-state index contributed by atoms with van der Waals surface area (Å²) in [5.74, 6) is 0.213. The first-order valence-corrected chi connectivity index (χ1v) is 7.55. The zero-order valence-corrected chi connectivity index (χ0v) is 12.2. The van der Waals surface area contributed by atoms with Gasteiger partial charge in [0.2, 0.25) is 0 Å². The molecular formula is C16H17NO2S. The average Bonchev–Trinajstić information content (AvgIpc) is 2.82. The Morgan fingerprint density at radius 1 is 1.35 bits per heavy atom. The Bertz CT molecular complexity index is 633. The number of benzene rings is 1. The second-order valence-electron chi connectivity index (χ2n) is 5.09. The molecule has 3 nitrogen and oxygen atoms in total. The van der Waals surface area contributed by atoms with E-state index in [4.69, 9.17) is 10.5 Å². The number of methoxy groups -OCH3 is 1. The quantitative estimate of drug-likeness (QED) is 0.861. The number of esters is 1. The van der Waals surface area contributed by atoms with Crippen molar-refractivity contribution >= 4 is 22.3 Å². The molecule has 0 aliphatic heterocycles. The molecule has 0 bridgehead atoms. The smallest absolute Gasteiger partial charge is 0.341 e. The Kier molecular flexibility index (Phi) is 3.49. The highest BCUT2D eigenvalue weighted by Crippen LogP contribution is 2.41. The molecule has 1 aromatic heterocycles. The molecule has 1 aliphatic carbocycles. The van der Waals surface area contributed by atoms with Crippen LogP contribution in [0.15, 0.2) is 30.3 Å². The molecule has 0 fully saturated rings. The van der Waals surface area contributed by atoms with Gasteiger partial charge in [-0.1, -0.05) is 30.3 Å². The lowest BCUT2D eigenvalue weighted by molar-refractivity contribution is 0.0601. The first-order chi connectivity index (χ1) is 9.70. The van der Waals surface area contributed by atoms with Crippen molar-refractivity contribution in [1.82, 2.24) is 0 Å². The van der Waals surface area contributed by atoms with Crippen molar-refractivity contribution < 1.29 is 9.53 Å². The molecule has 0 saturated carbocycles. The minimum absolute atomic E-state index is 0.307. The lowest BCUT2D eigenvalue weighted by Gasteiger charge is -2.22. The minimum Gasteiger partial charge on any atom is -0.465 e. The van der Waals surface area contributed by atoms with E-state index in [0.717, 1.165) is 24.8 Å². The summed E-state index contributed by atoms with van der Waals surface area (Å²) in [4.78, 5) is 13.1. The molecule has 0 amide bonds. The first-order valence-electron chi connectivity index (χ1n) is 6.74. The van der Waals surface area contributed by atoms with Gasteiger partial charge in [0.15, 0.2) is 0 Å². The highest BCUT2D eigenvalue weighted by Gasteiger charge is 2.28. The van der Waals surface area contributed by atoms with Gasteiger partial charge in [-0.3, -0.25) is 0 Å². The van der Waals surface area contributed by atoms with Crippen molar-refractivity contribution in [2.75, 3.05) is 12.8 Å². The number of fused-ring (bicyclic) bond motifs is 1. The highest BCUT2D eigenvalue weighted by atomic mass is 32.1. The van der Waals surface area contributed by atoms with Gasteiger partial charge in [-0.15, -0.1) is 11.3 Å². The van der Waals surface area contributed by atoms with Crippen molar-refractivity contribution in [3.05, 3.63) is 51.9 Å². The second kappa shape index (κ2) is 5.29. The second-order valence-corrected chi connectivity index (χ2v) is 6.22. The van der Waals surface area contributed by atoms with E-state index >= 15 is 0 Å². The van der Waals surface area contributed by atoms with Gasteiger partial charge in [0.25, 0.3) is 0 Å². The summed E-state index contributed by atoms with van der Waals surface area (Å²) in [6.45, 7) is 0. The van der Waals surface area contributed by atoms with Crippen LogP contribution in [0, 0.1) is 0 Å². The molecule has 1 aromatic carbocycles. The predicted molar refractivity (Wildman–Crippen MR) is 81.3 cm³/mol. The Morgan fingerprint density at radius 3 is 2.80 bits per heavy atom. The van der Waals surface area contributed by atoms with Crippen LogP contribution in [-0.2, 0) is 17.6 Å². The molecule has 1 heterocycles. The van der Waals surface area contributed by atoms with Crippen LogP contribution in [0.3, 0.4) is 0 Å². The molecule has 0 unspecified atom stereocenters. The van der Waals surface area contributed by atoms with Gasteiger partial charge < -0.3 is 10.5 Å². The van der Waals surface area contributed by atoms with Crippen LogP contribution in [0.1, 0.15) is 38.7 Å². The molecule has 0 saturated heterocycles. The number of carbonyl (C=O) groups excluding carboxylic acids is 1. The van der Waals surface area contributed by atoms with Crippen molar-refractivity contribution in [3.8, 4) is 0 Å². The number of nitrogens with two attached hydrogens (primary N) is 1. The number of thiophene rings is 1. The summed E-state index contributed by atoms with van der Waals surface area (Å²) < 4.78 is 4.84. The zero-order valence-electron chi connectivity index (χ0n) is 11.4. The molecule has 0 radical (unpaired) electrons. The lowest BCUT2D eigenvalue weighted by Crippen LogP contribution is -2.14. The first kappa shape index (κ1) is 13.2. The molecule has 1 atom stereocenters. The molecular weight excluding hydrogens is 270 g/mol. The third-order valence-corrected chi connectivity index (χ3v) is 5.04. The Hall–Kier alpha value is -1.81. The van der Waals surface area contributed by atoms with Gasteiger partial charge in [0, 0.05) is 4.88 Å². The maximum Gasteiger partial charge on any atom is 0.341 e. The summed E-state index contributed by atoms with van der Waals surface area (Å²) >= 11 is 1.54. The van der Waals surface area contributed by atoms with E-state index in [1.165, 1.54) is 28.9 Å². The molecule has 3 rings (SSSR count). The topological polar surface area (TPSA) is 52.3 Å². The van der Waals surface area contributed by atoms with Crippen LogP contribution in [0.2, 0.25) is 0 Å². The SMILES string of the molecule is COC(=O)c1c(N)sc2c1CC[C@@H](c1ccccc1)C2. The molecule has 4 heteroatoms. The lowest BCUT2D eigenvalue weighted by atomic mass is 9.83. The predicted octanol–water partition coefficient (Wildman–Crippen LogP) is 3.39. The van der Waals surface area contributed by atoms with E-state index in [2.05, 4.69) is 24.3 Å². The van der Waals surface area contributed by atoms with Gasteiger partial charge >= 0.3 is 5.97 Å². The van der Waals surface area contributed by atoms with Crippen LogP contribution in [0.4, 0.5) is 5.00 Å². The van der Waals surface area contributed by atoms with E-state index < -0.39 is 0 Å². The summed E-state index contributed by atoms with van der Waals surface area (Å²) in [5.41, 5.74) is 9.06. The van der Waals surface area contributed by atoms with E-state index in [1.54, 1.807) is 0 Å². The van der Waals surface area contributed by atoms with Crippen LogP contribution in [-0.4, -0.2) is 13.1 Å². The van der Waals surface area contributed by atoms with Crippen molar-refractivity contribution in [3.63, 3.8) is 0 Å². The van der Waals surface area contributed by atoms with Crippen LogP contribution in [0.5, 0.6) is 0 Å². The Labute approximate surface area is 122 Å². The summed E-state index contributed by atoms with van der Waals surface area (Å²) in [6.07, 6.45) is 2.91. The van der Waals surface area contributed by atoms with Crippen molar-refractivity contribution in [2.45, 2.75) is 25.2 Å².